The van der Waals surface area contributed by atoms with Gasteiger partial charge in [0, 0.05) is 5.41 Å². The van der Waals surface area contributed by atoms with Crippen molar-refractivity contribution in [1.29, 1.82) is 0 Å². The summed E-state index contributed by atoms with van der Waals surface area (Å²) in [6.45, 7) is 4.73. The molecule has 7 rings (SSSR count). The van der Waals surface area contributed by atoms with Gasteiger partial charge in [-0.3, -0.25) is 0 Å². The van der Waals surface area contributed by atoms with Gasteiger partial charge >= 0.3 is 0 Å². The van der Waals surface area contributed by atoms with Gasteiger partial charge in [0.1, 0.15) is 0 Å². The first kappa shape index (κ1) is 26.7. The summed E-state index contributed by atoms with van der Waals surface area (Å²) >= 11 is 0. The van der Waals surface area contributed by atoms with Crippen LogP contribution in [0.25, 0.3) is 34.4 Å². The minimum absolute atomic E-state index is 0.113. The molecular weight excluding hydrogens is 516 g/mol. The highest BCUT2D eigenvalue weighted by molar-refractivity contribution is 5.94. The summed E-state index contributed by atoms with van der Waals surface area (Å²) in [6, 6.07) is 56.7. The summed E-state index contributed by atoms with van der Waals surface area (Å²) in [6.07, 6.45) is 4.67. The Morgan fingerprint density at radius 1 is 0.395 bits per heavy atom. The maximum atomic E-state index is 2.40. The van der Waals surface area contributed by atoms with Crippen molar-refractivity contribution in [3.05, 3.63) is 202 Å². The largest absolute Gasteiger partial charge is 0.0622 e. The molecule has 0 nitrogen and oxygen atoms in total. The molecule has 0 unspecified atom stereocenters. The smallest absolute Gasteiger partial charge is 0.0159 e. The Kier molecular flexibility index (Phi) is 6.97. The molecule has 0 saturated heterocycles. The van der Waals surface area contributed by atoms with Crippen molar-refractivity contribution in [3.8, 4) is 11.1 Å². The highest BCUT2D eigenvalue weighted by atomic mass is 14.4. The van der Waals surface area contributed by atoms with Crippen molar-refractivity contribution in [3.63, 3.8) is 0 Å². The van der Waals surface area contributed by atoms with Crippen LogP contribution in [0.15, 0.2) is 158 Å². The second kappa shape index (κ2) is 11.2. The van der Waals surface area contributed by atoms with Crippen molar-refractivity contribution in [1.82, 2.24) is 0 Å². The molecule has 0 amide bonds. The van der Waals surface area contributed by atoms with E-state index < -0.39 is 0 Å². The predicted octanol–water partition coefficient (Wildman–Crippen LogP) is 11.2. The first-order valence-electron chi connectivity index (χ1n) is 15.0. The molecule has 6 aromatic carbocycles. The van der Waals surface area contributed by atoms with Gasteiger partial charge in [0.2, 0.25) is 0 Å². The van der Waals surface area contributed by atoms with Crippen molar-refractivity contribution in [2.24, 2.45) is 0 Å². The second-order valence-corrected chi connectivity index (χ2v) is 11.8. The highest BCUT2D eigenvalue weighted by Gasteiger charge is 2.35. The molecule has 0 atom stereocenters. The standard InChI is InChI=1S/C43H34/c1-43(2)41-29-31(27-39(33-15-7-3-8-16-33)34-17-9-4-10-18-34)23-25-37(41)38-26-24-32(30-42(38)43)28-40(35-19-11-5-12-20-35)36-21-13-6-14-22-36/h3-30H,1-2H3. The Hall–Kier alpha value is -5.20. The molecule has 1 aliphatic carbocycles. The Morgan fingerprint density at radius 2 is 0.698 bits per heavy atom. The van der Waals surface area contributed by atoms with Crippen LogP contribution >= 0.6 is 0 Å². The van der Waals surface area contributed by atoms with Gasteiger partial charge in [0.15, 0.2) is 0 Å². The Labute approximate surface area is 255 Å². The first-order chi connectivity index (χ1) is 21.1. The molecule has 206 valence electrons. The minimum Gasteiger partial charge on any atom is -0.0622 e. The molecule has 0 bridgehead atoms. The fraction of sp³-hybridized carbons (Fsp3) is 0.0698. The summed E-state index contributed by atoms with van der Waals surface area (Å²) in [4.78, 5) is 0. The van der Waals surface area contributed by atoms with Crippen LogP contribution in [0.5, 0.6) is 0 Å². The lowest BCUT2D eigenvalue weighted by Gasteiger charge is -2.22. The third kappa shape index (κ3) is 5.18. The second-order valence-electron chi connectivity index (χ2n) is 11.8. The van der Waals surface area contributed by atoms with Crippen LogP contribution in [0.1, 0.15) is 58.4 Å². The molecule has 0 N–H and O–H groups in total. The van der Waals surface area contributed by atoms with Crippen LogP contribution in [0, 0.1) is 0 Å². The highest BCUT2D eigenvalue weighted by Crippen LogP contribution is 2.49. The third-order valence-corrected chi connectivity index (χ3v) is 8.69. The summed E-state index contributed by atoms with van der Waals surface area (Å²) in [7, 11) is 0. The third-order valence-electron chi connectivity index (χ3n) is 8.69. The summed E-state index contributed by atoms with van der Waals surface area (Å²) in [5, 5.41) is 0. The molecule has 0 fully saturated rings. The van der Waals surface area contributed by atoms with Crippen LogP contribution < -0.4 is 0 Å². The lowest BCUT2D eigenvalue weighted by molar-refractivity contribution is 0.660. The quantitative estimate of drug-likeness (QED) is 0.181. The van der Waals surface area contributed by atoms with Gasteiger partial charge in [-0.15, -0.1) is 0 Å². The number of rotatable bonds is 6. The first-order valence-corrected chi connectivity index (χ1v) is 15.0. The maximum absolute atomic E-state index is 2.40. The van der Waals surface area contributed by atoms with E-state index in [2.05, 4.69) is 184 Å². The van der Waals surface area contributed by atoms with E-state index in [-0.39, 0.29) is 5.41 Å². The van der Waals surface area contributed by atoms with Crippen molar-refractivity contribution < 1.29 is 0 Å². The van der Waals surface area contributed by atoms with Crippen LogP contribution in [0.2, 0.25) is 0 Å². The Bertz CT molecular complexity index is 1710. The summed E-state index contributed by atoms with van der Waals surface area (Å²) in [5.74, 6) is 0. The monoisotopic (exact) mass is 550 g/mol. The fourth-order valence-corrected chi connectivity index (χ4v) is 6.42. The average Bonchev–Trinajstić information content (AvgIpc) is 3.29. The van der Waals surface area contributed by atoms with Crippen molar-refractivity contribution in [2.45, 2.75) is 19.3 Å². The Morgan fingerprint density at radius 3 is 1.00 bits per heavy atom. The van der Waals surface area contributed by atoms with Gasteiger partial charge in [-0.2, -0.15) is 0 Å². The van der Waals surface area contributed by atoms with E-state index in [1.165, 1.54) is 66.8 Å². The van der Waals surface area contributed by atoms with Gasteiger partial charge < -0.3 is 0 Å². The van der Waals surface area contributed by atoms with Gasteiger partial charge in [-0.25, -0.2) is 0 Å². The lowest BCUT2D eigenvalue weighted by atomic mass is 9.81. The molecule has 6 aromatic rings. The number of hydrogen-bond donors (Lipinski definition) is 0. The van der Waals surface area contributed by atoms with E-state index in [0.717, 1.165) is 0 Å². The molecule has 0 spiro atoms. The minimum atomic E-state index is -0.113. The van der Waals surface area contributed by atoms with Gasteiger partial charge in [0.25, 0.3) is 0 Å². The van der Waals surface area contributed by atoms with Crippen molar-refractivity contribution in [2.75, 3.05) is 0 Å². The van der Waals surface area contributed by atoms with E-state index in [4.69, 9.17) is 0 Å². The fourth-order valence-electron chi connectivity index (χ4n) is 6.42. The molecule has 1 aliphatic rings. The topological polar surface area (TPSA) is 0 Å². The van der Waals surface area contributed by atoms with E-state index in [9.17, 15) is 0 Å². The molecule has 0 aliphatic heterocycles. The van der Waals surface area contributed by atoms with Gasteiger partial charge in [-0.1, -0.05) is 172 Å². The molecule has 0 heterocycles. The SMILES string of the molecule is CC1(C)c2cc(C=C(c3ccccc3)c3ccccc3)ccc2-c2ccc(C=C(c3ccccc3)c3ccccc3)cc21. The molecule has 0 heteroatoms. The van der Waals surface area contributed by atoms with Crippen molar-refractivity contribution >= 4 is 23.3 Å². The number of hydrogen-bond acceptors (Lipinski definition) is 0. The maximum Gasteiger partial charge on any atom is 0.0159 e. The molecule has 0 saturated carbocycles. The summed E-state index contributed by atoms with van der Waals surface area (Å²) < 4.78 is 0. The van der Waals surface area contributed by atoms with Crippen LogP contribution in [-0.2, 0) is 5.41 Å². The van der Waals surface area contributed by atoms with E-state index in [0.29, 0.717) is 0 Å². The lowest BCUT2D eigenvalue weighted by Crippen LogP contribution is -2.15. The van der Waals surface area contributed by atoms with E-state index in [1.54, 1.807) is 0 Å². The zero-order valence-electron chi connectivity index (χ0n) is 24.7. The molecular formula is C43H34. The number of benzene rings is 6. The molecule has 43 heavy (non-hydrogen) atoms. The molecule has 0 aromatic heterocycles. The van der Waals surface area contributed by atoms with Crippen LogP contribution in [0.4, 0.5) is 0 Å². The normalized spacial score (nSPS) is 12.6. The summed E-state index contributed by atoms with van der Waals surface area (Å²) in [5.41, 5.74) is 15.1. The Balaban J connectivity index is 1.30. The average molecular weight is 551 g/mol. The zero-order valence-corrected chi connectivity index (χ0v) is 24.7. The van der Waals surface area contributed by atoms with Gasteiger partial charge in [-0.05, 0) is 78.9 Å². The van der Waals surface area contributed by atoms with E-state index in [1.807, 2.05) is 0 Å². The van der Waals surface area contributed by atoms with Gasteiger partial charge in [0.05, 0.1) is 0 Å². The number of fused-ring (bicyclic) bond motifs is 3. The zero-order chi connectivity index (χ0) is 29.2. The van der Waals surface area contributed by atoms with Crippen LogP contribution in [-0.4, -0.2) is 0 Å². The van der Waals surface area contributed by atoms with Crippen LogP contribution in [0.3, 0.4) is 0 Å². The molecule has 0 radical (unpaired) electrons. The van der Waals surface area contributed by atoms with E-state index >= 15 is 0 Å². The predicted molar refractivity (Wildman–Crippen MR) is 184 cm³/mol.